The molecule has 0 bridgehead atoms. The molecule has 1 aromatic heterocycles. The molecule has 0 amide bonds. The van der Waals surface area contributed by atoms with E-state index in [9.17, 15) is 0 Å². The van der Waals surface area contributed by atoms with Crippen LogP contribution >= 0.6 is 0 Å². The Morgan fingerprint density at radius 2 is 1.85 bits per heavy atom. The third kappa shape index (κ3) is 1.47. The third-order valence-electron chi connectivity index (χ3n) is 2.07. The number of aryl methyl sites for hydroxylation is 2. The van der Waals surface area contributed by atoms with Crippen LogP contribution in [-0.4, -0.2) is 9.78 Å². The molecule has 0 spiro atoms. The second-order valence-corrected chi connectivity index (χ2v) is 3.16. The second kappa shape index (κ2) is 3.05. The molecule has 0 unspecified atom stereocenters. The van der Waals surface area contributed by atoms with E-state index in [0.29, 0.717) is 0 Å². The van der Waals surface area contributed by atoms with Gasteiger partial charge in [-0.05, 0) is 18.6 Å². The first-order valence-electron chi connectivity index (χ1n) is 4.33. The molecule has 0 saturated carbocycles. The zero-order chi connectivity index (χ0) is 9.26. The summed E-state index contributed by atoms with van der Waals surface area (Å²) in [4.78, 5) is 0. The normalized spacial score (nSPS) is 10.3. The number of nitrogens with zero attached hydrogens (tertiary/aromatic N) is 2. The van der Waals surface area contributed by atoms with E-state index < -0.39 is 0 Å². The van der Waals surface area contributed by atoms with Gasteiger partial charge in [0.05, 0.1) is 11.4 Å². The van der Waals surface area contributed by atoms with Gasteiger partial charge in [0, 0.05) is 7.05 Å². The Hall–Kier alpha value is -1.57. The molecule has 0 fully saturated rings. The molecule has 2 aromatic rings. The summed E-state index contributed by atoms with van der Waals surface area (Å²) >= 11 is 0. The highest BCUT2D eigenvalue weighted by Gasteiger charge is 2.02. The number of hydrogen-bond acceptors (Lipinski definition) is 1. The molecular weight excluding hydrogens is 160 g/mol. The fraction of sp³-hybridized carbons (Fsp3) is 0.182. The zero-order valence-corrected chi connectivity index (χ0v) is 7.86. The van der Waals surface area contributed by atoms with Gasteiger partial charge in [-0.2, -0.15) is 5.10 Å². The molecule has 0 aliphatic carbocycles. The minimum Gasteiger partial charge on any atom is -0.268 e. The predicted octanol–water partition coefficient (Wildman–Crippen LogP) is 2.40. The van der Waals surface area contributed by atoms with Crippen molar-refractivity contribution in [1.29, 1.82) is 0 Å². The summed E-state index contributed by atoms with van der Waals surface area (Å²) in [6.45, 7) is 2.01. The van der Waals surface area contributed by atoms with Crippen LogP contribution in [0.3, 0.4) is 0 Å². The average Bonchev–Trinajstić information content (AvgIpc) is 2.47. The van der Waals surface area contributed by atoms with Gasteiger partial charge in [-0.3, -0.25) is 4.68 Å². The van der Waals surface area contributed by atoms with E-state index in [4.69, 9.17) is 0 Å². The highest BCUT2D eigenvalue weighted by atomic mass is 15.3. The lowest BCUT2D eigenvalue weighted by Gasteiger charge is -1.99. The summed E-state index contributed by atoms with van der Waals surface area (Å²) in [5.41, 5.74) is 3.44. The van der Waals surface area contributed by atoms with Crippen LogP contribution in [0.2, 0.25) is 0 Å². The lowest BCUT2D eigenvalue weighted by Crippen LogP contribution is -1.93. The summed E-state index contributed by atoms with van der Waals surface area (Å²) in [5, 5.41) is 4.30. The summed E-state index contributed by atoms with van der Waals surface area (Å²) in [5.74, 6) is 0. The number of aromatic nitrogens is 2. The lowest BCUT2D eigenvalue weighted by atomic mass is 10.1. The molecule has 66 valence electrons. The van der Waals surface area contributed by atoms with Crippen LogP contribution in [-0.2, 0) is 7.05 Å². The van der Waals surface area contributed by atoms with Crippen LogP contribution < -0.4 is 0 Å². The van der Waals surface area contributed by atoms with Gasteiger partial charge >= 0.3 is 0 Å². The molecule has 0 atom stereocenters. The van der Waals surface area contributed by atoms with E-state index >= 15 is 0 Å². The first-order valence-corrected chi connectivity index (χ1v) is 4.33. The van der Waals surface area contributed by atoms with Crippen molar-refractivity contribution in [2.75, 3.05) is 0 Å². The van der Waals surface area contributed by atoms with Crippen molar-refractivity contribution in [3.63, 3.8) is 0 Å². The first kappa shape index (κ1) is 8.05. The molecule has 0 aliphatic heterocycles. The van der Waals surface area contributed by atoms with Crippen LogP contribution in [0.5, 0.6) is 0 Å². The quantitative estimate of drug-likeness (QED) is 0.645. The highest BCUT2D eigenvalue weighted by molar-refractivity contribution is 5.59. The minimum absolute atomic E-state index is 1.06. The molecule has 13 heavy (non-hydrogen) atoms. The van der Waals surface area contributed by atoms with Crippen molar-refractivity contribution in [1.82, 2.24) is 9.78 Å². The van der Waals surface area contributed by atoms with Crippen LogP contribution in [0, 0.1) is 6.92 Å². The molecule has 0 aliphatic rings. The highest BCUT2D eigenvalue weighted by Crippen LogP contribution is 2.18. The van der Waals surface area contributed by atoms with Gasteiger partial charge in [-0.15, -0.1) is 0 Å². The van der Waals surface area contributed by atoms with E-state index in [-0.39, 0.29) is 0 Å². The number of benzene rings is 1. The molecule has 0 saturated heterocycles. The molecule has 0 N–H and O–H groups in total. The molecule has 2 nitrogen and oxygen atoms in total. The van der Waals surface area contributed by atoms with E-state index in [1.165, 1.54) is 5.56 Å². The molecule has 2 heteroatoms. The van der Waals surface area contributed by atoms with E-state index in [1.54, 1.807) is 0 Å². The minimum atomic E-state index is 1.06. The van der Waals surface area contributed by atoms with Crippen LogP contribution in [0.1, 0.15) is 5.69 Å². The maximum atomic E-state index is 4.30. The lowest BCUT2D eigenvalue weighted by molar-refractivity contribution is 0.764. The summed E-state index contributed by atoms with van der Waals surface area (Å²) in [6.07, 6.45) is 0. The summed E-state index contributed by atoms with van der Waals surface area (Å²) < 4.78 is 1.91. The SMILES string of the molecule is Cc1cc(-c2ccccc2)n(C)n1. The Morgan fingerprint density at radius 3 is 2.38 bits per heavy atom. The Kier molecular flexibility index (Phi) is 1.89. The van der Waals surface area contributed by atoms with Gasteiger partial charge in [0.1, 0.15) is 0 Å². The first-order chi connectivity index (χ1) is 6.27. The monoisotopic (exact) mass is 172 g/mol. The molecule has 2 rings (SSSR count). The number of hydrogen-bond donors (Lipinski definition) is 0. The second-order valence-electron chi connectivity index (χ2n) is 3.16. The Labute approximate surface area is 77.8 Å². The maximum absolute atomic E-state index is 4.30. The van der Waals surface area contributed by atoms with Crippen molar-refractivity contribution in [3.8, 4) is 11.3 Å². The van der Waals surface area contributed by atoms with Crippen molar-refractivity contribution in [2.24, 2.45) is 7.05 Å². The Morgan fingerprint density at radius 1 is 1.15 bits per heavy atom. The van der Waals surface area contributed by atoms with Crippen molar-refractivity contribution < 1.29 is 0 Å². The van der Waals surface area contributed by atoms with Crippen molar-refractivity contribution in [2.45, 2.75) is 6.92 Å². The van der Waals surface area contributed by atoms with E-state index in [1.807, 2.05) is 36.9 Å². The van der Waals surface area contributed by atoms with Crippen LogP contribution in [0.15, 0.2) is 36.4 Å². The van der Waals surface area contributed by atoms with Gasteiger partial charge in [-0.25, -0.2) is 0 Å². The average molecular weight is 172 g/mol. The zero-order valence-electron chi connectivity index (χ0n) is 7.86. The third-order valence-corrected chi connectivity index (χ3v) is 2.07. The fourth-order valence-electron chi connectivity index (χ4n) is 1.49. The predicted molar refractivity (Wildman–Crippen MR) is 53.4 cm³/mol. The van der Waals surface area contributed by atoms with Crippen molar-refractivity contribution in [3.05, 3.63) is 42.1 Å². The van der Waals surface area contributed by atoms with Crippen LogP contribution in [0.25, 0.3) is 11.3 Å². The molecule has 1 aromatic carbocycles. The molecule has 0 radical (unpaired) electrons. The molecule has 1 heterocycles. The molecular formula is C11H12N2. The largest absolute Gasteiger partial charge is 0.268 e. The smallest absolute Gasteiger partial charge is 0.0681 e. The summed E-state index contributed by atoms with van der Waals surface area (Å²) in [7, 11) is 1.97. The number of rotatable bonds is 1. The summed E-state index contributed by atoms with van der Waals surface area (Å²) in [6, 6.07) is 12.4. The van der Waals surface area contributed by atoms with Crippen molar-refractivity contribution >= 4 is 0 Å². The van der Waals surface area contributed by atoms with Gasteiger partial charge in [0.15, 0.2) is 0 Å². The van der Waals surface area contributed by atoms with Gasteiger partial charge in [0.25, 0.3) is 0 Å². The maximum Gasteiger partial charge on any atom is 0.0681 e. The van der Waals surface area contributed by atoms with E-state index in [2.05, 4.69) is 23.3 Å². The standard InChI is InChI=1S/C11H12N2/c1-9-8-11(13(2)12-9)10-6-4-3-5-7-10/h3-8H,1-2H3. The topological polar surface area (TPSA) is 17.8 Å². The Balaban J connectivity index is 2.53. The van der Waals surface area contributed by atoms with Gasteiger partial charge < -0.3 is 0 Å². The van der Waals surface area contributed by atoms with Gasteiger partial charge in [0.2, 0.25) is 0 Å². The fourth-order valence-corrected chi connectivity index (χ4v) is 1.49. The van der Waals surface area contributed by atoms with Crippen LogP contribution in [0.4, 0.5) is 0 Å². The van der Waals surface area contributed by atoms with E-state index in [0.717, 1.165) is 11.4 Å². The van der Waals surface area contributed by atoms with Gasteiger partial charge in [-0.1, -0.05) is 30.3 Å². The Bertz CT molecular complexity index is 401.